The van der Waals surface area contributed by atoms with Crippen LogP contribution in [0.15, 0.2) is 23.8 Å². The van der Waals surface area contributed by atoms with Gasteiger partial charge in [-0.25, -0.2) is 0 Å². The standard InChI is InChI=1S/C19H28/c1-5-8-16-12-11-15(4)18(13-16)19(14(3)6-2)17-9-7-10-17/h11-14H,5-10H2,1-4H3. The molecule has 0 heteroatoms. The summed E-state index contributed by atoms with van der Waals surface area (Å²) in [7, 11) is 0. The summed E-state index contributed by atoms with van der Waals surface area (Å²) in [5, 5.41) is 0. The second kappa shape index (κ2) is 6.41. The molecule has 1 aromatic carbocycles. The molecular formula is C19H28. The molecule has 0 amide bonds. The van der Waals surface area contributed by atoms with Crippen LogP contribution >= 0.6 is 0 Å². The maximum atomic E-state index is 2.46. The molecule has 1 aromatic rings. The lowest BCUT2D eigenvalue weighted by molar-refractivity contribution is 0.633. The van der Waals surface area contributed by atoms with Gasteiger partial charge in [-0.15, -0.1) is 0 Å². The number of allylic oxidation sites excluding steroid dienone is 2. The van der Waals surface area contributed by atoms with E-state index in [9.17, 15) is 0 Å². The van der Waals surface area contributed by atoms with E-state index >= 15 is 0 Å². The second-order valence-corrected chi connectivity index (χ2v) is 6.08. The van der Waals surface area contributed by atoms with E-state index in [-0.39, 0.29) is 0 Å². The molecule has 0 saturated heterocycles. The molecule has 0 N–H and O–H groups in total. The highest BCUT2D eigenvalue weighted by Gasteiger charge is 2.21. The molecule has 0 aromatic heterocycles. The van der Waals surface area contributed by atoms with Crippen LogP contribution in [0.2, 0.25) is 0 Å². The smallest absolute Gasteiger partial charge is 0.0187 e. The fraction of sp³-hybridized carbons (Fsp3) is 0.579. The predicted molar refractivity (Wildman–Crippen MR) is 85.4 cm³/mol. The highest BCUT2D eigenvalue weighted by molar-refractivity contribution is 5.73. The predicted octanol–water partition coefficient (Wildman–Crippen LogP) is 5.93. The minimum atomic E-state index is 0.700. The summed E-state index contributed by atoms with van der Waals surface area (Å²) in [4.78, 5) is 0. The van der Waals surface area contributed by atoms with E-state index in [4.69, 9.17) is 0 Å². The fourth-order valence-electron chi connectivity index (χ4n) is 3.03. The summed E-state index contributed by atoms with van der Waals surface area (Å²) in [5.74, 6) is 0.700. The van der Waals surface area contributed by atoms with Gasteiger partial charge in [-0.2, -0.15) is 0 Å². The van der Waals surface area contributed by atoms with Crippen molar-refractivity contribution in [3.63, 3.8) is 0 Å². The molecule has 19 heavy (non-hydrogen) atoms. The molecule has 1 saturated carbocycles. The third-order valence-corrected chi connectivity index (χ3v) is 4.57. The zero-order valence-corrected chi connectivity index (χ0v) is 13.1. The Kier molecular flexibility index (Phi) is 4.85. The minimum absolute atomic E-state index is 0.700. The maximum Gasteiger partial charge on any atom is -0.0187 e. The summed E-state index contributed by atoms with van der Waals surface area (Å²) in [6, 6.07) is 7.09. The van der Waals surface area contributed by atoms with Crippen molar-refractivity contribution in [3.05, 3.63) is 40.5 Å². The van der Waals surface area contributed by atoms with Crippen molar-refractivity contribution in [2.24, 2.45) is 5.92 Å². The largest absolute Gasteiger partial charge is 0.0661 e. The minimum Gasteiger partial charge on any atom is -0.0661 e. The lowest BCUT2D eigenvalue weighted by Gasteiger charge is -2.27. The summed E-state index contributed by atoms with van der Waals surface area (Å²) >= 11 is 0. The van der Waals surface area contributed by atoms with Crippen molar-refractivity contribution >= 4 is 5.57 Å². The van der Waals surface area contributed by atoms with Gasteiger partial charge in [-0.1, -0.05) is 51.0 Å². The molecular weight excluding hydrogens is 228 g/mol. The van der Waals surface area contributed by atoms with Crippen molar-refractivity contribution in [1.82, 2.24) is 0 Å². The maximum absolute atomic E-state index is 2.46. The van der Waals surface area contributed by atoms with E-state index in [1.807, 2.05) is 0 Å². The Hall–Kier alpha value is -1.04. The highest BCUT2D eigenvalue weighted by atomic mass is 14.3. The molecule has 0 radical (unpaired) electrons. The number of hydrogen-bond donors (Lipinski definition) is 0. The van der Waals surface area contributed by atoms with E-state index < -0.39 is 0 Å². The van der Waals surface area contributed by atoms with Crippen LogP contribution in [-0.2, 0) is 6.42 Å². The zero-order chi connectivity index (χ0) is 13.8. The van der Waals surface area contributed by atoms with Crippen molar-refractivity contribution in [2.75, 3.05) is 0 Å². The monoisotopic (exact) mass is 256 g/mol. The summed E-state index contributed by atoms with van der Waals surface area (Å²) < 4.78 is 0. The van der Waals surface area contributed by atoms with Crippen molar-refractivity contribution in [1.29, 1.82) is 0 Å². The van der Waals surface area contributed by atoms with Gasteiger partial charge < -0.3 is 0 Å². The van der Waals surface area contributed by atoms with E-state index in [1.165, 1.54) is 55.2 Å². The van der Waals surface area contributed by atoms with Crippen LogP contribution in [0.4, 0.5) is 0 Å². The Morgan fingerprint density at radius 2 is 1.95 bits per heavy atom. The number of aryl methyl sites for hydroxylation is 2. The molecule has 1 aliphatic carbocycles. The summed E-state index contributed by atoms with van der Waals surface area (Å²) in [5.41, 5.74) is 7.89. The number of rotatable bonds is 5. The Labute approximate surface area is 118 Å². The van der Waals surface area contributed by atoms with Gasteiger partial charge in [0.2, 0.25) is 0 Å². The molecule has 1 unspecified atom stereocenters. The van der Waals surface area contributed by atoms with Gasteiger partial charge in [0.25, 0.3) is 0 Å². The van der Waals surface area contributed by atoms with Gasteiger partial charge in [0, 0.05) is 0 Å². The zero-order valence-electron chi connectivity index (χ0n) is 13.1. The van der Waals surface area contributed by atoms with Crippen LogP contribution in [0.3, 0.4) is 0 Å². The molecule has 0 heterocycles. The van der Waals surface area contributed by atoms with Crippen LogP contribution in [0.1, 0.15) is 69.6 Å². The lowest BCUT2D eigenvalue weighted by atomic mass is 9.78. The molecule has 0 bridgehead atoms. The van der Waals surface area contributed by atoms with Gasteiger partial charge in [0.1, 0.15) is 0 Å². The first-order valence-corrected chi connectivity index (χ1v) is 7.99. The first kappa shape index (κ1) is 14.4. The van der Waals surface area contributed by atoms with E-state index in [1.54, 1.807) is 11.1 Å². The third kappa shape index (κ3) is 3.11. The average Bonchev–Trinajstić information content (AvgIpc) is 2.35. The van der Waals surface area contributed by atoms with Gasteiger partial charge in [0.15, 0.2) is 0 Å². The Bertz CT molecular complexity index is 459. The van der Waals surface area contributed by atoms with Crippen LogP contribution in [0.5, 0.6) is 0 Å². The number of hydrogen-bond acceptors (Lipinski definition) is 0. The van der Waals surface area contributed by atoms with E-state index in [2.05, 4.69) is 45.9 Å². The second-order valence-electron chi connectivity index (χ2n) is 6.08. The first-order chi connectivity index (χ1) is 9.17. The average molecular weight is 256 g/mol. The molecule has 0 aliphatic heterocycles. The lowest BCUT2D eigenvalue weighted by Crippen LogP contribution is -2.09. The summed E-state index contributed by atoms with van der Waals surface area (Å²) in [6.45, 7) is 9.24. The van der Waals surface area contributed by atoms with Crippen molar-refractivity contribution in [3.8, 4) is 0 Å². The molecule has 0 spiro atoms. The molecule has 2 rings (SSSR count). The van der Waals surface area contributed by atoms with Crippen LogP contribution in [0, 0.1) is 12.8 Å². The molecule has 104 valence electrons. The Morgan fingerprint density at radius 3 is 2.47 bits per heavy atom. The van der Waals surface area contributed by atoms with Gasteiger partial charge >= 0.3 is 0 Å². The first-order valence-electron chi connectivity index (χ1n) is 7.99. The third-order valence-electron chi connectivity index (χ3n) is 4.57. The van der Waals surface area contributed by atoms with Gasteiger partial charge in [0.05, 0.1) is 0 Å². The van der Waals surface area contributed by atoms with Gasteiger partial charge in [-0.05, 0) is 67.2 Å². The summed E-state index contributed by atoms with van der Waals surface area (Å²) in [6.07, 6.45) is 7.74. The van der Waals surface area contributed by atoms with E-state index in [0.717, 1.165) is 0 Å². The van der Waals surface area contributed by atoms with Crippen LogP contribution in [0.25, 0.3) is 5.57 Å². The Balaban J connectivity index is 2.44. The Morgan fingerprint density at radius 1 is 1.21 bits per heavy atom. The fourth-order valence-corrected chi connectivity index (χ4v) is 3.03. The normalized spacial score (nSPS) is 16.1. The topological polar surface area (TPSA) is 0 Å². The van der Waals surface area contributed by atoms with Crippen molar-refractivity contribution in [2.45, 2.75) is 66.2 Å². The van der Waals surface area contributed by atoms with Crippen LogP contribution < -0.4 is 0 Å². The van der Waals surface area contributed by atoms with Crippen molar-refractivity contribution < 1.29 is 0 Å². The van der Waals surface area contributed by atoms with Gasteiger partial charge in [-0.3, -0.25) is 0 Å². The van der Waals surface area contributed by atoms with E-state index in [0.29, 0.717) is 5.92 Å². The molecule has 1 atom stereocenters. The molecule has 1 fully saturated rings. The number of benzene rings is 1. The quantitative estimate of drug-likeness (QED) is 0.612. The highest BCUT2D eigenvalue weighted by Crippen LogP contribution is 2.40. The molecule has 0 nitrogen and oxygen atoms in total. The molecule has 1 aliphatic rings. The van der Waals surface area contributed by atoms with Crippen LogP contribution in [-0.4, -0.2) is 0 Å². The SMILES string of the molecule is CCCc1ccc(C)c(C(=C2CCC2)C(C)CC)c1.